The summed E-state index contributed by atoms with van der Waals surface area (Å²) < 4.78 is 2.53. The second-order valence-electron chi connectivity index (χ2n) is 3.95. The number of hydrogen-bond acceptors (Lipinski definition) is 4. The molecule has 1 aliphatic rings. The van der Waals surface area contributed by atoms with Crippen molar-refractivity contribution in [1.29, 1.82) is 5.41 Å². The summed E-state index contributed by atoms with van der Waals surface area (Å²) in [4.78, 5) is 4.27. The summed E-state index contributed by atoms with van der Waals surface area (Å²) in [5.74, 6) is 1.01. The molecule has 4 N–H and O–H groups in total. The first-order valence-corrected chi connectivity index (χ1v) is 6.23. The molecule has 0 saturated heterocycles. The normalized spacial score (nSPS) is 20.5. The fraction of sp³-hybridized carbons (Fsp3) is 0.364. The van der Waals surface area contributed by atoms with Gasteiger partial charge in [-0.1, -0.05) is 6.07 Å². The van der Waals surface area contributed by atoms with E-state index in [1.165, 1.54) is 0 Å². The molecule has 0 bridgehead atoms. The summed E-state index contributed by atoms with van der Waals surface area (Å²) in [6.45, 7) is 3.50. The quantitative estimate of drug-likeness (QED) is 0.306. The van der Waals surface area contributed by atoms with Gasteiger partial charge in [-0.25, -0.2) is 9.56 Å². The van der Waals surface area contributed by atoms with Crippen LogP contribution in [-0.2, 0) is 0 Å². The predicted molar refractivity (Wildman–Crippen MR) is 70.6 cm³/mol. The molecule has 1 aromatic heterocycles. The van der Waals surface area contributed by atoms with Crippen molar-refractivity contribution >= 4 is 27.6 Å². The Bertz CT molecular complexity index is 483. The van der Waals surface area contributed by atoms with E-state index in [4.69, 9.17) is 11.1 Å². The third-order valence-corrected chi connectivity index (χ3v) is 3.21. The van der Waals surface area contributed by atoms with Gasteiger partial charge in [-0.3, -0.25) is 0 Å². The van der Waals surface area contributed by atoms with Gasteiger partial charge in [-0.2, -0.15) is 5.41 Å². The van der Waals surface area contributed by atoms with Crippen molar-refractivity contribution in [3.8, 4) is 0 Å². The molecule has 0 radical (unpaired) electrons. The number of amidine groups is 2. The SMILES string of the molecule is CC1NCC[N+](C(=N)c2cccc(Br)n2)=C1N. The molecular formula is C11H15BrN5+. The molecule has 90 valence electrons. The molecule has 5 nitrogen and oxygen atoms in total. The number of nitrogens with zero attached hydrogens (tertiary/aromatic N) is 2. The molecule has 1 aromatic rings. The van der Waals surface area contributed by atoms with Gasteiger partial charge in [-0.15, -0.1) is 0 Å². The van der Waals surface area contributed by atoms with Crippen molar-refractivity contribution in [3.05, 3.63) is 28.5 Å². The maximum Gasteiger partial charge on any atom is 0.280 e. The van der Waals surface area contributed by atoms with Crippen LogP contribution in [0.15, 0.2) is 22.8 Å². The predicted octanol–water partition coefficient (Wildman–Crippen LogP) is 0.531. The highest BCUT2D eigenvalue weighted by atomic mass is 79.9. The number of rotatable bonds is 1. The minimum atomic E-state index is 0.0938. The zero-order chi connectivity index (χ0) is 12.4. The topological polar surface area (TPSA) is 77.8 Å². The van der Waals surface area contributed by atoms with E-state index in [-0.39, 0.29) is 6.04 Å². The van der Waals surface area contributed by atoms with Gasteiger partial charge in [0, 0.05) is 6.54 Å². The highest BCUT2D eigenvalue weighted by Gasteiger charge is 2.24. The van der Waals surface area contributed by atoms with E-state index in [0.717, 1.165) is 11.1 Å². The minimum Gasteiger partial charge on any atom is -0.321 e. The maximum atomic E-state index is 8.16. The van der Waals surface area contributed by atoms with Gasteiger partial charge in [0.25, 0.3) is 5.84 Å². The van der Waals surface area contributed by atoms with Crippen molar-refractivity contribution in [2.75, 3.05) is 13.1 Å². The fourth-order valence-corrected chi connectivity index (χ4v) is 2.12. The zero-order valence-corrected chi connectivity index (χ0v) is 11.2. The lowest BCUT2D eigenvalue weighted by Gasteiger charge is -2.21. The van der Waals surface area contributed by atoms with Crippen LogP contribution in [0.2, 0.25) is 0 Å². The monoisotopic (exact) mass is 296 g/mol. The molecule has 0 aromatic carbocycles. The van der Waals surface area contributed by atoms with Crippen LogP contribution < -0.4 is 11.1 Å². The molecular weight excluding hydrogens is 282 g/mol. The third kappa shape index (κ3) is 2.53. The fourth-order valence-electron chi connectivity index (χ4n) is 1.78. The van der Waals surface area contributed by atoms with Crippen LogP contribution in [0.25, 0.3) is 0 Å². The zero-order valence-electron chi connectivity index (χ0n) is 9.57. The lowest BCUT2D eigenvalue weighted by Crippen LogP contribution is -2.53. The van der Waals surface area contributed by atoms with Gasteiger partial charge >= 0.3 is 0 Å². The Labute approximate surface area is 108 Å². The largest absolute Gasteiger partial charge is 0.321 e. The summed E-state index contributed by atoms with van der Waals surface area (Å²) in [6.07, 6.45) is 0. The van der Waals surface area contributed by atoms with Gasteiger partial charge in [-0.05, 0) is 35.0 Å². The molecule has 0 aliphatic carbocycles. The first-order valence-electron chi connectivity index (χ1n) is 5.44. The number of aromatic nitrogens is 1. The lowest BCUT2D eigenvalue weighted by molar-refractivity contribution is -0.415. The van der Waals surface area contributed by atoms with Gasteiger partial charge in [0.1, 0.15) is 10.3 Å². The van der Waals surface area contributed by atoms with Crippen molar-refractivity contribution in [1.82, 2.24) is 10.3 Å². The molecule has 1 aliphatic heterocycles. The second-order valence-corrected chi connectivity index (χ2v) is 4.76. The number of pyridine rings is 1. The molecule has 1 atom stereocenters. The lowest BCUT2D eigenvalue weighted by atomic mass is 10.2. The molecule has 0 fully saturated rings. The number of halogens is 1. The Balaban J connectivity index is 2.35. The Morgan fingerprint density at radius 3 is 3.12 bits per heavy atom. The molecule has 17 heavy (non-hydrogen) atoms. The number of hydrogen-bond donors (Lipinski definition) is 3. The van der Waals surface area contributed by atoms with Gasteiger partial charge in [0.2, 0.25) is 5.84 Å². The Morgan fingerprint density at radius 1 is 1.65 bits per heavy atom. The van der Waals surface area contributed by atoms with Crippen LogP contribution in [0.3, 0.4) is 0 Å². The molecule has 2 rings (SSSR count). The van der Waals surface area contributed by atoms with Gasteiger partial charge in [0.15, 0.2) is 0 Å². The first kappa shape index (κ1) is 12.2. The van der Waals surface area contributed by atoms with Crippen LogP contribution in [0.4, 0.5) is 0 Å². The second kappa shape index (κ2) is 4.93. The van der Waals surface area contributed by atoms with E-state index in [2.05, 4.69) is 26.2 Å². The van der Waals surface area contributed by atoms with E-state index in [1.54, 1.807) is 4.58 Å². The van der Waals surface area contributed by atoms with Crippen molar-refractivity contribution in [3.63, 3.8) is 0 Å². The molecule has 0 saturated carbocycles. The van der Waals surface area contributed by atoms with E-state index in [0.29, 0.717) is 23.9 Å². The van der Waals surface area contributed by atoms with E-state index >= 15 is 0 Å². The highest BCUT2D eigenvalue weighted by molar-refractivity contribution is 9.10. The van der Waals surface area contributed by atoms with Crippen molar-refractivity contribution < 1.29 is 4.58 Å². The highest BCUT2D eigenvalue weighted by Crippen LogP contribution is 2.08. The third-order valence-electron chi connectivity index (χ3n) is 2.77. The smallest absolute Gasteiger partial charge is 0.280 e. The Morgan fingerprint density at radius 2 is 2.41 bits per heavy atom. The Hall–Kier alpha value is -1.27. The van der Waals surface area contributed by atoms with Gasteiger partial charge in [0.05, 0.1) is 12.6 Å². The van der Waals surface area contributed by atoms with Crippen LogP contribution >= 0.6 is 15.9 Å². The van der Waals surface area contributed by atoms with E-state index < -0.39 is 0 Å². The summed E-state index contributed by atoms with van der Waals surface area (Å²) >= 11 is 3.30. The standard InChI is InChI=1S/C11H14BrN5/c1-7-10(13)17(6-5-15-7)11(14)8-3-2-4-9(12)16-8/h2-4,7,13-15H,5-6H2,1H3/p+1. The minimum absolute atomic E-state index is 0.0938. The van der Waals surface area contributed by atoms with Crippen molar-refractivity contribution in [2.24, 2.45) is 5.73 Å². The molecule has 1 unspecified atom stereocenters. The van der Waals surface area contributed by atoms with Gasteiger partial charge < -0.3 is 11.1 Å². The van der Waals surface area contributed by atoms with Crippen LogP contribution in [0, 0.1) is 5.41 Å². The first-order chi connectivity index (χ1) is 8.09. The molecule has 0 spiro atoms. The van der Waals surface area contributed by atoms with Crippen LogP contribution in [0.5, 0.6) is 0 Å². The molecule has 6 heteroatoms. The van der Waals surface area contributed by atoms with Crippen LogP contribution in [0.1, 0.15) is 12.6 Å². The summed E-state index contributed by atoms with van der Waals surface area (Å²) in [5.41, 5.74) is 6.62. The maximum absolute atomic E-state index is 8.16. The average Bonchev–Trinajstić information content (AvgIpc) is 2.32. The summed E-state index contributed by atoms with van der Waals surface area (Å²) in [6, 6.07) is 5.61. The number of nitrogens with two attached hydrogens (primary N) is 1. The number of nitrogens with one attached hydrogen (secondary N) is 2. The Kier molecular flexibility index (Phi) is 3.54. The molecule has 0 amide bonds. The summed E-state index contributed by atoms with van der Waals surface area (Å²) in [5, 5.41) is 11.4. The van der Waals surface area contributed by atoms with Crippen molar-refractivity contribution in [2.45, 2.75) is 13.0 Å². The van der Waals surface area contributed by atoms with E-state index in [1.807, 2.05) is 25.1 Å². The van der Waals surface area contributed by atoms with Crippen LogP contribution in [-0.4, -0.2) is 40.4 Å². The van der Waals surface area contributed by atoms with E-state index in [9.17, 15) is 0 Å². The molecule has 2 heterocycles. The average molecular weight is 297 g/mol. The summed E-state index contributed by atoms with van der Waals surface area (Å²) in [7, 11) is 0.